The number of carboxylic acids is 1. The van der Waals surface area contributed by atoms with Gasteiger partial charge in [0.25, 0.3) is 5.91 Å². The summed E-state index contributed by atoms with van der Waals surface area (Å²) in [5.74, 6) is -2.54. The van der Waals surface area contributed by atoms with E-state index in [0.717, 1.165) is 81.8 Å². The van der Waals surface area contributed by atoms with Crippen molar-refractivity contribution in [1.29, 1.82) is 0 Å². The number of amides is 2. The molecule has 2 aliphatic rings. The molecule has 0 radical (unpaired) electrons. The second kappa shape index (κ2) is 17.8. The summed E-state index contributed by atoms with van der Waals surface area (Å²) in [6, 6.07) is 14.3. The molecule has 2 aromatic carbocycles. The molecule has 2 atom stereocenters. The summed E-state index contributed by atoms with van der Waals surface area (Å²) in [5.41, 5.74) is 4.23. The average Bonchev–Trinajstić information content (AvgIpc) is 3.53. The van der Waals surface area contributed by atoms with E-state index < -0.39 is 17.9 Å². The number of fused-ring (bicyclic) bond motifs is 1. The van der Waals surface area contributed by atoms with Gasteiger partial charge in [0.2, 0.25) is 5.91 Å². The number of benzene rings is 2. The van der Waals surface area contributed by atoms with Crippen LogP contribution in [0.15, 0.2) is 48.5 Å². The second-order valence-corrected chi connectivity index (χ2v) is 14.5. The number of unbranched alkanes of at least 4 members (excludes halogenated alkanes) is 2. The molecule has 51 heavy (non-hydrogen) atoms. The van der Waals surface area contributed by atoms with E-state index in [1.165, 1.54) is 0 Å². The summed E-state index contributed by atoms with van der Waals surface area (Å²) < 4.78 is 1.63. The third-order valence-electron chi connectivity index (χ3n) is 10.8. The first-order valence-corrected chi connectivity index (χ1v) is 18.9. The predicted molar refractivity (Wildman–Crippen MR) is 197 cm³/mol. The van der Waals surface area contributed by atoms with Gasteiger partial charge in [-0.05, 0) is 80.3 Å². The van der Waals surface area contributed by atoms with E-state index in [1.54, 1.807) is 33.8 Å². The van der Waals surface area contributed by atoms with Crippen LogP contribution in [0.4, 0.5) is 5.69 Å². The highest BCUT2D eigenvalue weighted by molar-refractivity contribution is 6.01. The highest BCUT2D eigenvalue weighted by Crippen LogP contribution is 2.34. The SMILES string of the molecule is CCCCC(CCCC)C(=O)c1cc(C)n(-c2ccc(NC(=O)C(CC(=O)O)C3CCCCC3)cc2C(=O)N2Cc3ccccc3C[C@H]2CO)n1. The van der Waals surface area contributed by atoms with Crippen molar-refractivity contribution in [3.05, 3.63) is 76.6 Å². The number of aliphatic hydroxyl groups excluding tert-OH is 1. The summed E-state index contributed by atoms with van der Waals surface area (Å²) in [6.07, 6.45) is 10.4. The number of ketones is 1. The first-order chi connectivity index (χ1) is 24.6. The Labute approximate surface area is 301 Å². The van der Waals surface area contributed by atoms with Crippen LogP contribution in [0.5, 0.6) is 0 Å². The third-order valence-corrected chi connectivity index (χ3v) is 10.8. The van der Waals surface area contributed by atoms with Gasteiger partial charge < -0.3 is 20.4 Å². The number of aliphatic carboxylic acids is 1. The summed E-state index contributed by atoms with van der Waals surface area (Å²) >= 11 is 0. The van der Waals surface area contributed by atoms with Crippen molar-refractivity contribution >= 4 is 29.3 Å². The van der Waals surface area contributed by atoms with Gasteiger partial charge in [0.05, 0.1) is 36.2 Å². The molecule has 10 heteroatoms. The van der Waals surface area contributed by atoms with Crippen molar-refractivity contribution in [2.75, 3.05) is 11.9 Å². The van der Waals surface area contributed by atoms with E-state index in [2.05, 4.69) is 19.2 Å². The van der Waals surface area contributed by atoms with Crippen LogP contribution in [-0.4, -0.2) is 61.1 Å². The van der Waals surface area contributed by atoms with Crippen LogP contribution in [0.1, 0.15) is 129 Å². The number of nitrogens with zero attached hydrogens (tertiary/aromatic N) is 3. The Morgan fingerprint density at radius 3 is 2.27 bits per heavy atom. The molecule has 5 rings (SSSR count). The summed E-state index contributed by atoms with van der Waals surface area (Å²) in [4.78, 5) is 55.6. The van der Waals surface area contributed by atoms with Crippen molar-refractivity contribution in [3.63, 3.8) is 0 Å². The predicted octanol–water partition coefficient (Wildman–Crippen LogP) is 7.53. The minimum Gasteiger partial charge on any atom is -0.481 e. The fourth-order valence-electron chi connectivity index (χ4n) is 7.90. The molecular formula is C41H54N4O6. The van der Waals surface area contributed by atoms with Gasteiger partial charge in [-0.3, -0.25) is 19.2 Å². The Kier molecular flexibility index (Phi) is 13.2. The Morgan fingerprint density at radius 1 is 0.941 bits per heavy atom. The van der Waals surface area contributed by atoms with Crippen LogP contribution in [0.2, 0.25) is 0 Å². The highest BCUT2D eigenvalue weighted by Gasteiger charge is 2.34. The van der Waals surface area contributed by atoms with Crippen molar-refractivity contribution in [2.24, 2.45) is 17.8 Å². The van der Waals surface area contributed by atoms with E-state index >= 15 is 0 Å². The number of aromatic nitrogens is 2. The first-order valence-electron chi connectivity index (χ1n) is 18.9. The molecule has 1 aliphatic carbocycles. The Hall–Kier alpha value is -4.31. The zero-order valence-corrected chi connectivity index (χ0v) is 30.4. The number of carboxylic acid groups (broad SMARTS) is 1. The number of hydrogen-bond donors (Lipinski definition) is 3. The highest BCUT2D eigenvalue weighted by atomic mass is 16.4. The Morgan fingerprint density at radius 2 is 1.63 bits per heavy atom. The number of aliphatic hydroxyl groups is 1. The van der Waals surface area contributed by atoms with Gasteiger partial charge in [-0.1, -0.05) is 83.1 Å². The smallest absolute Gasteiger partial charge is 0.304 e. The van der Waals surface area contributed by atoms with Crippen LogP contribution in [-0.2, 0) is 22.6 Å². The number of carbonyl (C=O) groups is 4. The molecule has 1 fully saturated rings. The molecular weight excluding hydrogens is 644 g/mol. The van der Waals surface area contributed by atoms with E-state index in [-0.39, 0.29) is 48.0 Å². The number of aryl methyl sites for hydroxylation is 1. The van der Waals surface area contributed by atoms with Crippen molar-refractivity contribution in [2.45, 2.75) is 117 Å². The van der Waals surface area contributed by atoms with Gasteiger partial charge >= 0.3 is 5.97 Å². The number of Topliss-reactive ketones (excluding diaryl/α,β-unsaturated/α-hetero) is 1. The molecule has 1 aromatic heterocycles. The first kappa shape index (κ1) is 37.9. The van der Waals surface area contributed by atoms with Gasteiger partial charge in [0, 0.05) is 23.8 Å². The van der Waals surface area contributed by atoms with Crippen LogP contribution < -0.4 is 5.32 Å². The van der Waals surface area contributed by atoms with Crippen molar-refractivity contribution in [1.82, 2.24) is 14.7 Å². The van der Waals surface area contributed by atoms with E-state index in [9.17, 15) is 29.4 Å². The van der Waals surface area contributed by atoms with Gasteiger partial charge in [-0.2, -0.15) is 5.10 Å². The quantitative estimate of drug-likeness (QED) is 0.131. The second-order valence-electron chi connectivity index (χ2n) is 14.5. The maximum atomic E-state index is 14.7. The lowest BCUT2D eigenvalue weighted by Crippen LogP contribution is -2.46. The lowest BCUT2D eigenvalue weighted by Gasteiger charge is -2.36. The minimum atomic E-state index is -1.02. The molecule has 3 aromatic rings. The lowest BCUT2D eigenvalue weighted by atomic mass is 9.78. The normalized spacial score (nSPS) is 16.9. The van der Waals surface area contributed by atoms with Crippen molar-refractivity contribution < 1.29 is 29.4 Å². The average molecular weight is 699 g/mol. The Balaban J connectivity index is 1.53. The molecule has 3 N–H and O–H groups in total. The van der Waals surface area contributed by atoms with Crippen LogP contribution in [0.3, 0.4) is 0 Å². The maximum absolute atomic E-state index is 14.7. The Bertz CT molecular complexity index is 1680. The van der Waals surface area contributed by atoms with Crippen LogP contribution in [0.25, 0.3) is 5.69 Å². The summed E-state index contributed by atoms with van der Waals surface area (Å²) in [6.45, 7) is 6.18. The number of anilines is 1. The zero-order valence-electron chi connectivity index (χ0n) is 30.4. The summed E-state index contributed by atoms with van der Waals surface area (Å²) in [5, 5.41) is 27.8. The molecule has 0 saturated heterocycles. The number of carbonyl (C=O) groups excluding carboxylic acids is 3. The van der Waals surface area contributed by atoms with Crippen molar-refractivity contribution in [3.8, 4) is 5.69 Å². The maximum Gasteiger partial charge on any atom is 0.304 e. The van der Waals surface area contributed by atoms with E-state index in [0.29, 0.717) is 35.7 Å². The zero-order chi connectivity index (χ0) is 36.5. The molecule has 2 heterocycles. The molecule has 10 nitrogen and oxygen atoms in total. The topological polar surface area (TPSA) is 142 Å². The molecule has 0 bridgehead atoms. The van der Waals surface area contributed by atoms with Crippen LogP contribution >= 0.6 is 0 Å². The molecule has 2 amide bonds. The van der Waals surface area contributed by atoms with Gasteiger partial charge in [0.1, 0.15) is 5.69 Å². The van der Waals surface area contributed by atoms with E-state index in [4.69, 9.17) is 5.10 Å². The van der Waals surface area contributed by atoms with Gasteiger partial charge in [-0.25, -0.2) is 4.68 Å². The molecule has 274 valence electrons. The summed E-state index contributed by atoms with van der Waals surface area (Å²) in [7, 11) is 0. The lowest BCUT2D eigenvalue weighted by molar-refractivity contribution is -0.141. The fourth-order valence-corrected chi connectivity index (χ4v) is 7.90. The van der Waals surface area contributed by atoms with Gasteiger partial charge in [0.15, 0.2) is 5.78 Å². The number of hydrogen-bond acceptors (Lipinski definition) is 6. The fraction of sp³-hybridized carbons (Fsp3) is 0.537. The van der Waals surface area contributed by atoms with Gasteiger partial charge in [-0.15, -0.1) is 0 Å². The number of nitrogens with one attached hydrogen (secondary N) is 1. The minimum absolute atomic E-state index is 0.00989. The molecule has 0 spiro atoms. The van der Waals surface area contributed by atoms with Crippen LogP contribution in [0, 0.1) is 24.7 Å². The third kappa shape index (κ3) is 9.14. The number of rotatable bonds is 16. The molecule has 1 saturated carbocycles. The van der Waals surface area contributed by atoms with E-state index in [1.807, 2.05) is 31.2 Å². The standard InChI is InChI=1S/C41H54N4O6/c1-4-6-13-29(14-7-5-2)39(49)36-21-27(3)45(43-36)37-20-19-32(42-40(50)34(24-38(47)48)28-15-9-8-10-16-28)23-35(37)41(51)44-25-31-18-12-11-17-30(31)22-33(44)26-46/h11-12,17-21,23,28-29,33-34,46H,4-10,13-16,22,24-26H2,1-3H3,(H,42,50)(H,47,48)/t33-,34?/m0/s1. The molecule has 1 unspecified atom stereocenters. The largest absolute Gasteiger partial charge is 0.481 e. The molecule has 1 aliphatic heterocycles. The monoisotopic (exact) mass is 698 g/mol.